The van der Waals surface area contributed by atoms with Crippen molar-refractivity contribution in [2.75, 3.05) is 13.7 Å². The Morgan fingerprint density at radius 1 is 1.17 bits per heavy atom. The Balaban J connectivity index is 4.73. The Morgan fingerprint density at radius 3 is 1.94 bits per heavy atom. The highest BCUT2D eigenvalue weighted by atomic mass is 19.4. The fraction of sp³-hybridized carbons (Fsp3) is 0.875. The molecule has 1 atom stereocenters. The molecule has 0 amide bonds. The molecule has 0 saturated carbocycles. The van der Waals surface area contributed by atoms with E-state index in [1.54, 1.807) is 0 Å². The molecule has 108 valence electrons. The first-order valence-electron chi connectivity index (χ1n) is 4.53. The number of esters is 1. The van der Waals surface area contributed by atoms with E-state index < -0.39 is 36.6 Å². The van der Waals surface area contributed by atoms with Gasteiger partial charge in [-0.1, -0.05) is 0 Å². The van der Waals surface area contributed by atoms with Crippen molar-refractivity contribution in [2.45, 2.75) is 31.0 Å². The van der Waals surface area contributed by atoms with E-state index in [-0.39, 0.29) is 0 Å². The number of carbonyl (C=O) groups excluding carboxylic acids is 1. The number of halogens is 7. The summed E-state index contributed by atoms with van der Waals surface area (Å²) in [5.74, 6) is -13.2. The third kappa shape index (κ3) is 3.47. The fourth-order valence-electron chi connectivity index (χ4n) is 0.703. The monoisotopic (exact) mass is 285 g/mol. The van der Waals surface area contributed by atoms with E-state index in [0.717, 1.165) is 6.92 Å². The molecule has 3 nitrogen and oxygen atoms in total. The molecule has 0 aliphatic carbocycles. The average Bonchev–Trinajstić information content (AvgIpc) is 2.22. The standard InChI is InChI=1S/C8H10F7NO2/c1-4(16-2)5(17)18-3-6(9,10)7(11,12)8(13,14)15/h4,16H,3H2,1-2H3. The van der Waals surface area contributed by atoms with Gasteiger partial charge in [-0.05, 0) is 14.0 Å². The maximum atomic E-state index is 12.7. The van der Waals surface area contributed by atoms with Crippen LogP contribution in [-0.4, -0.2) is 43.7 Å². The van der Waals surface area contributed by atoms with Crippen molar-refractivity contribution in [1.82, 2.24) is 5.32 Å². The molecular formula is C8H10F7NO2. The summed E-state index contributed by atoms with van der Waals surface area (Å²) in [6, 6.07) is -1.11. The normalized spacial score (nSPS) is 15.4. The van der Waals surface area contributed by atoms with Gasteiger partial charge in [0.2, 0.25) is 0 Å². The summed E-state index contributed by atoms with van der Waals surface area (Å²) in [7, 11) is 1.24. The lowest BCUT2D eigenvalue weighted by Gasteiger charge is -2.27. The molecule has 1 unspecified atom stereocenters. The third-order valence-electron chi connectivity index (χ3n) is 2.00. The van der Waals surface area contributed by atoms with Gasteiger partial charge < -0.3 is 10.1 Å². The number of rotatable bonds is 5. The van der Waals surface area contributed by atoms with E-state index in [4.69, 9.17) is 0 Å². The van der Waals surface area contributed by atoms with Crippen molar-refractivity contribution in [2.24, 2.45) is 0 Å². The number of alkyl halides is 7. The Hall–Kier alpha value is -1.06. The second-order valence-corrected chi connectivity index (χ2v) is 3.39. The Kier molecular flexibility index (Phi) is 4.98. The van der Waals surface area contributed by atoms with Crippen LogP contribution >= 0.6 is 0 Å². The van der Waals surface area contributed by atoms with Gasteiger partial charge in [-0.2, -0.15) is 30.7 Å². The smallest absolute Gasteiger partial charge is 0.458 e. The molecule has 10 heteroatoms. The fourth-order valence-corrected chi connectivity index (χ4v) is 0.703. The van der Waals surface area contributed by atoms with E-state index in [0.29, 0.717) is 0 Å². The lowest BCUT2D eigenvalue weighted by Crippen LogP contribution is -2.54. The zero-order valence-corrected chi connectivity index (χ0v) is 9.25. The van der Waals surface area contributed by atoms with Crippen LogP contribution in [0.4, 0.5) is 30.7 Å². The van der Waals surface area contributed by atoms with Crippen LogP contribution in [0, 0.1) is 0 Å². The molecule has 0 aliphatic heterocycles. The zero-order valence-electron chi connectivity index (χ0n) is 9.25. The highest BCUT2D eigenvalue weighted by Crippen LogP contribution is 2.46. The SMILES string of the molecule is CNC(C)C(=O)OCC(F)(F)C(F)(F)C(F)(F)F. The minimum atomic E-state index is -6.43. The maximum Gasteiger partial charge on any atom is 0.460 e. The number of hydrogen-bond acceptors (Lipinski definition) is 3. The van der Waals surface area contributed by atoms with E-state index >= 15 is 0 Å². The molecule has 0 radical (unpaired) electrons. The molecule has 1 N–H and O–H groups in total. The van der Waals surface area contributed by atoms with Crippen LogP contribution in [0.15, 0.2) is 0 Å². The maximum absolute atomic E-state index is 12.7. The van der Waals surface area contributed by atoms with Crippen LogP contribution < -0.4 is 5.32 Å². The summed E-state index contributed by atoms with van der Waals surface area (Å²) >= 11 is 0. The summed E-state index contributed by atoms with van der Waals surface area (Å²) in [6.07, 6.45) is -6.43. The van der Waals surface area contributed by atoms with Crippen molar-refractivity contribution in [1.29, 1.82) is 0 Å². The van der Waals surface area contributed by atoms with Crippen molar-refractivity contribution in [3.63, 3.8) is 0 Å². The molecule has 0 heterocycles. The number of hydrogen-bond donors (Lipinski definition) is 1. The van der Waals surface area contributed by atoms with Crippen LogP contribution in [0.1, 0.15) is 6.92 Å². The lowest BCUT2D eigenvalue weighted by atomic mass is 10.2. The minimum Gasteiger partial charge on any atom is -0.458 e. The summed E-state index contributed by atoms with van der Waals surface area (Å²) in [6.45, 7) is -1.20. The average molecular weight is 285 g/mol. The topological polar surface area (TPSA) is 38.3 Å². The molecule has 0 rings (SSSR count). The molecule has 0 aromatic heterocycles. The van der Waals surface area contributed by atoms with Gasteiger partial charge in [0.25, 0.3) is 0 Å². The Labute approximate surface area is 97.3 Å². The quantitative estimate of drug-likeness (QED) is 0.620. The van der Waals surface area contributed by atoms with Gasteiger partial charge in [0.15, 0.2) is 6.61 Å². The predicted molar refractivity (Wildman–Crippen MR) is 45.4 cm³/mol. The van der Waals surface area contributed by atoms with E-state index in [1.165, 1.54) is 7.05 Å². The van der Waals surface area contributed by atoms with Crippen molar-refractivity contribution in [3.8, 4) is 0 Å². The molecule has 0 aromatic rings. The lowest BCUT2D eigenvalue weighted by molar-refractivity contribution is -0.359. The van der Waals surface area contributed by atoms with Crippen LogP contribution in [-0.2, 0) is 9.53 Å². The summed E-state index contributed by atoms with van der Waals surface area (Å²) in [5.41, 5.74) is 0. The zero-order chi connectivity index (χ0) is 14.8. The van der Waals surface area contributed by atoms with Crippen molar-refractivity contribution >= 4 is 5.97 Å². The summed E-state index contributed by atoms with van der Waals surface area (Å²) < 4.78 is 88.8. The van der Waals surface area contributed by atoms with Crippen LogP contribution in [0.5, 0.6) is 0 Å². The number of carbonyl (C=O) groups is 1. The van der Waals surface area contributed by atoms with Gasteiger partial charge in [0.05, 0.1) is 0 Å². The number of ether oxygens (including phenoxy) is 1. The Bertz CT molecular complexity index is 302. The molecule has 0 bridgehead atoms. The highest BCUT2D eigenvalue weighted by molar-refractivity contribution is 5.75. The first kappa shape index (κ1) is 16.9. The minimum absolute atomic E-state index is 1.11. The van der Waals surface area contributed by atoms with E-state index in [1.807, 2.05) is 0 Å². The van der Waals surface area contributed by atoms with E-state index in [9.17, 15) is 35.5 Å². The van der Waals surface area contributed by atoms with Gasteiger partial charge >= 0.3 is 24.0 Å². The molecule has 0 saturated heterocycles. The molecule has 0 spiro atoms. The molecule has 0 aliphatic rings. The second-order valence-electron chi connectivity index (χ2n) is 3.39. The van der Waals surface area contributed by atoms with E-state index in [2.05, 4.69) is 10.1 Å². The predicted octanol–water partition coefficient (Wildman–Crippen LogP) is 1.97. The van der Waals surface area contributed by atoms with Crippen LogP contribution in [0.25, 0.3) is 0 Å². The summed E-state index contributed by atoms with van der Waals surface area (Å²) in [4.78, 5) is 10.9. The largest absolute Gasteiger partial charge is 0.460 e. The van der Waals surface area contributed by atoms with Crippen LogP contribution in [0.2, 0.25) is 0 Å². The van der Waals surface area contributed by atoms with Gasteiger partial charge in [-0.15, -0.1) is 0 Å². The van der Waals surface area contributed by atoms with Gasteiger partial charge in [0.1, 0.15) is 6.04 Å². The van der Waals surface area contributed by atoms with Gasteiger partial charge in [0, 0.05) is 0 Å². The van der Waals surface area contributed by atoms with Crippen molar-refractivity contribution in [3.05, 3.63) is 0 Å². The van der Waals surface area contributed by atoms with Crippen LogP contribution in [0.3, 0.4) is 0 Å². The second kappa shape index (κ2) is 5.29. The molecule has 0 aromatic carbocycles. The van der Waals surface area contributed by atoms with Gasteiger partial charge in [-0.25, -0.2) is 0 Å². The molecular weight excluding hydrogens is 275 g/mol. The van der Waals surface area contributed by atoms with Crippen molar-refractivity contribution < 1.29 is 40.3 Å². The Morgan fingerprint density at radius 2 is 1.61 bits per heavy atom. The highest BCUT2D eigenvalue weighted by Gasteiger charge is 2.73. The molecule has 0 fully saturated rings. The first-order chi connectivity index (χ1) is 7.87. The number of likely N-dealkylation sites (N-methyl/N-ethyl adjacent to an activating group) is 1. The summed E-state index contributed by atoms with van der Waals surface area (Å²) in [5, 5.41) is 2.24. The first-order valence-corrected chi connectivity index (χ1v) is 4.53. The molecule has 18 heavy (non-hydrogen) atoms. The number of nitrogens with one attached hydrogen (secondary N) is 1. The third-order valence-corrected chi connectivity index (χ3v) is 2.00. The van der Waals surface area contributed by atoms with Gasteiger partial charge in [-0.3, -0.25) is 4.79 Å².